The third-order valence-electron chi connectivity index (χ3n) is 8.59. The number of nitrogens with zero attached hydrogens (tertiary/aromatic N) is 1. The van der Waals surface area contributed by atoms with Gasteiger partial charge in [-0.15, -0.1) is 0 Å². The normalized spacial score (nSPS) is 15.5. The summed E-state index contributed by atoms with van der Waals surface area (Å²) in [5.74, 6) is -1.09. The first-order chi connectivity index (χ1) is 27.8. The maximum Gasteiger partial charge on any atom is 0.472 e. The van der Waals surface area contributed by atoms with Crippen molar-refractivity contribution in [1.82, 2.24) is 0 Å². The smallest absolute Gasteiger partial charge is 0.462 e. The predicted octanol–water partition coefficient (Wildman–Crippen LogP) is 9.96. The van der Waals surface area contributed by atoms with Gasteiger partial charge in [0.25, 0.3) is 0 Å². The summed E-state index contributed by atoms with van der Waals surface area (Å²) in [4.78, 5) is 35.3. The van der Waals surface area contributed by atoms with E-state index in [2.05, 4.69) is 56.4 Å². The van der Waals surface area contributed by atoms with Crippen LogP contribution in [0.4, 0.5) is 0 Å². The van der Waals surface area contributed by atoms with Gasteiger partial charge in [-0.25, -0.2) is 4.57 Å². The number of ether oxygens (including phenoxy) is 2. The molecule has 332 valence electrons. The van der Waals surface area contributed by atoms with Crippen molar-refractivity contribution in [2.45, 2.75) is 148 Å². The Labute approximate surface area is 351 Å². The van der Waals surface area contributed by atoms with Crippen molar-refractivity contribution in [2.24, 2.45) is 0 Å². The first-order valence-corrected chi connectivity index (χ1v) is 23.0. The second kappa shape index (κ2) is 37.1. The highest BCUT2D eigenvalue weighted by molar-refractivity contribution is 7.47. The molecule has 58 heavy (non-hydrogen) atoms. The molecular formula is C46H79NO10P+. The highest BCUT2D eigenvalue weighted by Gasteiger charge is 2.27. The minimum Gasteiger partial charge on any atom is -0.462 e. The summed E-state index contributed by atoms with van der Waals surface area (Å²) < 4.78 is 34.0. The zero-order valence-electron chi connectivity index (χ0n) is 36.5. The average Bonchev–Trinajstić information content (AvgIpc) is 3.16. The van der Waals surface area contributed by atoms with Gasteiger partial charge in [-0.05, 0) is 77.0 Å². The van der Waals surface area contributed by atoms with E-state index in [0.29, 0.717) is 36.7 Å². The molecule has 11 nitrogen and oxygen atoms in total. The van der Waals surface area contributed by atoms with Gasteiger partial charge in [0, 0.05) is 12.8 Å². The van der Waals surface area contributed by atoms with Crippen LogP contribution in [0, 0.1) is 0 Å². The third kappa shape index (κ3) is 39.9. The van der Waals surface area contributed by atoms with Gasteiger partial charge < -0.3 is 29.1 Å². The number of quaternary nitrogens is 1. The molecule has 0 bridgehead atoms. The van der Waals surface area contributed by atoms with Crippen molar-refractivity contribution < 1.29 is 52.3 Å². The molecule has 0 radical (unpaired) electrons. The van der Waals surface area contributed by atoms with Crippen LogP contribution in [0.25, 0.3) is 0 Å². The van der Waals surface area contributed by atoms with Gasteiger partial charge in [-0.3, -0.25) is 18.6 Å². The van der Waals surface area contributed by atoms with E-state index in [-0.39, 0.29) is 26.1 Å². The van der Waals surface area contributed by atoms with Crippen LogP contribution in [0.15, 0.2) is 85.1 Å². The fourth-order valence-corrected chi connectivity index (χ4v) is 5.84. The van der Waals surface area contributed by atoms with Gasteiger partial charge in [0.05, 0.1) is 40.0 Å². The van der Waals surface area contributed by atoms with E-state index in [1.807, 2.05) is 27.2 Å². The van der Waals surface area contributed by atoms with Crippen LogP contribution in [0.2, 0.25) is 0 Å². The van der Waals surface area contributed by atoms with Crippen molar-refractivity contribution >= 4 is 19.8 Å². The molecule has 0 aliphatic carbocycles. The Bertz CT molecular complexity index is 1300. The van der Waals surface area contributed by atoms with Crippen LogP contribution in [-0.4, -0.2) is 97.3 Å². The van der Waals surface area contributed by atoms with Crippen LogP contribution in [0.5, 0.6) is 0 Å². The number of carbonyl (C=O) groups excluding carboxylic acids is 2. The van der Waals surface area contributed by atoms with Crippen molar-refractivity contribution in [3.05, 3.63) is 85.1 Å². The molecular weight excluding hydrogens is 757 g/mol. The molecule has 0 heterocycles. The first kappa shape index (κ1) is 55.1. The SMILES string of the molecule is CCCCC/C=C\C/C=C\C/C=C\CCCCC(=O)O[C@H](COC(=O)CCC[C@H](O)\C=C/C=C/C=C/[C@H](O)C/C=C\CCCCC)COP(=O)(O)OCC[N+](C)(C)C. The van der Waals surface area contributed by atoms with Gasteiger partial charge in [-0.2, -0.15) is 0 Å². The molecule has 1 unspecified atom stereocenters. The number of phosphoric acid groups is 1. The number of carbonyl (C=O) groups is 2. The van der Waals surface area contributed by atoms with Crippen LogP contribution >= 0.6 is 7.82 Å². The summed E-state index contributed by atoms with van der Waals surface area (Å²) in [6.45, 7) is 3.97. The van der Waals surface area contributed by atoms with E-state index in [1.165, 1.54) is 38.5 Å². The maximum absolute atomic E-state index is 12.7. The lowest BCUT2D eigenvalue weighted by atomic mass is 10.1. The summed E-state index contributed by atoms with van der Waals surface area (Å²) in [7, 11) is 1.30. The average molecular weight is 837 g/mol. The van der Waals surface area contributed by atoms with Crippen molar-refractivity contribution in [3.63, 3.8) is 0 Å². The van der Waals surface area contributed by atoms with Crippen molar-refractivity contribution in [3.8, 4) is 0 Å². The summed E-state index contributed by atoms with van der Waals surface area (Å²) in [6.07, 6.45) is 39.8. The Morgan fingerprint density at radius 2 is 1.17 bits per heavy atom. The van der Waals surface area contributed by atoms with E-state index in [9.17, 15) is 29.3 Å². The molecule has 0 fully saturated rings. The quantitative estimate of drug-likeness (QED) is 0.0138. The molecule has 0 aromatic carbocycles. The van der Waals surface area contributed by atoms with Crippen molar-refractivity contribution in [1.29, 1.82) is 0 Å². The molecule has 0 aliphatic heterocycles. The second-order valence-electron chi connectivity index (χ2n) is 15.4. The van der Waals surface area contributed by atoms with Gasteiger partial charge in [0.15, 0.2) is 6.10 Å². The number of phosphoric ester groups is 1. The number of aliphatic hydroxyl groups excluding tert-OH is 2. The molecule has 3 N–H and O–H groups in total. The summed E-state index contributed by atoms with van der Waals surface area (Å²) in [6, 6.07) is 0. The van der Waals surface area contributed by atoms with Gasteiger partial charge in [0.1, 0.15) is 19.8 Å². The fourth-order valence-electron chi connectivity index (χ4n) is 5.09. The molecule has 0 amide bonds. The Hall–Kier alpha value is -2.89. The first-order valence-electron chi connectivity index (χ1n) is 21.5. The Morgan fingerprint density at radius 3 is 1.76 bits per heavy atom. The minimum atomic E-state index is -4.45. The van der Waals surface area contributed by atoms with Crippen LogP contribution < -0.4 is 0 Å². The molecule has 0 aromatic rings. The zero-order valence-corrected chi connectivity index (χ0v) is 37.4. The molecule has 0 aliphatic rings. The lowest BCUT2D eigenvalue weighted by Crippen LogP contribution is -2.37. The minimum absolute atomic E-state index is 0.0160. The molecule has 0 rings (SSSR count). The fraction of sp³-hybridized carbons (Fsp3) is 0.652. The summed E-state index contributed by atoms with van der Waals surface area (Å²) in [5, 5.41) is 20.3. The molecule has 0 saturated carbocycles. The Balaban J connectivity index is 4.72. The van der Waals surface area contributed by atoms with E-state index in [1.54, 1.807) is 36.5 Å². The largest absolute Gasteiger partial charge is 0.472 e. The standard InChI is InChI=1S/C46H78NO10P/c1-6-8-10-12-14-15-16-17-18-19-20-21-22-24-30-36-46(51)57-44(41-56-58(52,53)55-39-38-47(3,4)5)40-54-45(50)37-31-35-43(49)34-29-26-25-28-33-42(48)32-27-23-13-11-9-7-2/h14-15,17-18,20-21,23,25-29,33-34,42-44,48-49H,6-13,16,19,22,24,30-32,35-41H2,1-5H3/p+1/b15-14-,18-17-,21-20-,26-25+,27-23-,33-28+,34-29-/t42-,43-,44-/m1/s1. The number of aliphatic hydroxyl groups is 2. The number of likely N-dealkylation sites (N-methyl/N-ethyl adjacent to an activating group) is 1. The lowest BCUT2D eigenvalue weighted by molar-refractivity contribution is -0.870. The van der Waals surface area contributed by atoms with Crippen molar-refractivity contribution in [2.75, 3.05) is 47.5 Å². The topological polar surface area (TPSA) is 149 Å². The van der Waals surface area contributed by atoms with Crippen LogP contribution in [0.1, 0.15) is 129 Å². The summed E-state index contributed by atoms with van der Waals surface area (Å²) >= 11 is 0. The second-order valence-corrected chi connectivity index (χ2v) is 16.9. The van der Waals surface area contributed by atoms with Crippen LogP contribution in [0.3, 0.4) is 0 Å². The van der Waals surface area contributed by atoms with Crippen LogP contribution in [-0.2, 0) is 32.7 Å². The van der Waals surface area contributed by atoms with Gasteiger partial charge in [0.2, 0.25) is 0 Å². The number of rotatable bonds is 37. The lowest BCUT2D eigenvalue weighted by Gasteiger charge is -2.24. The highest BCUT2D eigenvalue weighted by atomic mass is 31.2. The Kier molecular flexibility index (Phi) is 35.3. The van der Waals surface area contributed by atoms with E-state index < -0.39 is 44.7 Å². The molecule has 0 aromatic heterocycles. The Morgan fingerprint density at radius 1 is 0.638 bits per heavy atom. The molecule has 12 heteroatoms. The van der Waals surface area contributed by atoms with E-state index in [0.717, 1.165) is 38.5 Å². The molecule has 0 spiro atoms. The number of hydrogen-bond donors (Lipinski definition) is 3. The number of esters is 2. The maximum atomic E-state index is 12.7. The highest BCUT2D eigenvalue weighted by Crippen LogP contribution is 2.43. The summed E-state index contributed by atoms with van der Waals surface area (Å²) in [5.41, 5.74) is 0. The predicted molar refractivity (Wildman–Crippen MR) is 236 cm³/mol. The zero-order chi connectivity index (χ0) is 43.2. The number of unbranched alkanes of at least 4 members (excludes halogenated alkanes) is 8. The van der Waals surface area contributed by atoms with E-state index >= 15 is 0 Å². The van der Waals surface area contributed by atoms with E-state index in [4.69, 9.17) is 18.5 Å². The van der Waals surface area contributed by atoms with Gasteiger partial charge in [-0.1, -0.05) is 125 Å². The monoisotopic (exact) mass is 837 g/mol. The van der Waals surface area contributed by atoms with Gasteiger partial charge >= 0.3 is 19.8 Å². The third-order valence-corrected chi connectivity index (χ3v) is 9.57. The molecule has 4 atom stereocenters. The number of allylic oxidation sites excluding steroid dienone is 11. The molecule has 0 saturated heterocycles. The number of hydrogen-bond acceptors (Lipinski definition) is 9.